The molecule has 4 nitrogen and oxygen atoms in total. The Balaban J connectivity index is 1.82. The maximum Gasteiger partial charge on any atom is 0.123 e. The van der Waals surface area contributed by atoms with E-state index >= 15 is 0 Å². The van der Waals surface area contributed by atoms with Gasteiger partial charge in [0.05, 0.1) is 0 Å². The zero-order valence-electron chi connectivity index (χ0n) is 21.2. The summed E-state index contributed by atoms with van der Waals surface area (Å²) >= 11 is 0. The van der Waals surface area contributed by atoms with E-state index in [1.54, 1.807) is 0 Å². The highest BCUT2D eigenvalue weighted by Gasteiger charge is 2.39. The number of aryl methyl sites for hydroxylation is 2. The van der Waals surface area contributed by atoms with Gasteiger partial charge >= 0.3 is 0 Å². The van der Waals surface area contributed by atoms with Crippen LogP contribution in [0, 0.1) is 0 Å². The van der Waals surface area contributed by atoms with E-state index in [1.165, 1.54) is 12.8 Å². The van der Waals surface area contributed by atoms with Crippen LogP contribution >= 0.6 is 0 Å². The van der Waals surface area contributed by atoms with Gasteiger partial charge in [0.25, 0.3) is 0 Å². The molecule has 34 heavy (non-hydrogen) atoms. The predicted octanol–water partition coefficient (Wildman–Crippen LogP) is 5.98. The zero-order valence-corrected chi connectivity index (χ0v) is 21.2. The first-order chi connectivity index (χ1) is 16.2. The van der Waals surface area contributed by atoms with E-state index in [1.807, 2.05) is 0 Å². The van der Waals surface area contributed by atoms with Gasteiger partial charge in [-0.1, -0.05) is 57.9 Å². The Bertz CT molecular complexity index is 935. The summed E-state index contributed by atoms with van der Waals surface area (Å²) < 4.78 is 0. The van der Waals surface area contributed by atoms with Crippen LogP contribution in [0.1, 0.15) is 111 Å². The Morgan fingerprint density at radius 1 is 0.706 bits per heavy atom. The van der Waals surface area contributed by atoms with Crippen LogP contribution in [0.3, 0.4) is 0 Å². The zero-order chi connectivity index (χ0) is 24.5. The van der Waals surface area contributed by atoms with Crippen molar-refractivity contribution in [2.75, 3.05) is 13.2 Å². The molecule has 0 aromatic heterocycles. The lowest BCUT2D eigenvalue weighted by atomic mass is 9.64. The number of phenolic OH excluding ortho intramolecular Hbond substituents is 2. The smallest absolute Gasteiger partial charge is 0.123 e. The molecule has 0 bridgehead atoms. The summed E-state index contributed by atoms with van der Waals surface area (Å²) in [6, 6.07) is 8.43. The minimum absolute atomic E-state index is 0.0106. The first-order valence-electron chi connectivity index (χ1n) is 13.2. The van der Waals surface area contributed by atoms with Crippen LogP contribution in [0.4, 0.5) is 0 Å². The first-order valence-corrected chi connectivity index (χ1v) is 13.2. The monoisotopic (exact) mass is 466 g/mol. The van der Waals surface area contributed by atoms with Crippen molar-refractivity contribution in [3.05, 3.63) is 57.6 Å². The van der Waals surface area contributed by atoms with Gasteiger partial charge in [0.2, 0.25) is 0 Å². The number of hydrogen-bond donors (Lipinski definition) is 4. The van der Waals surface area contributed by atoms with Crippen LogP contribution in [0.25, 0.3) is 0 Å². The van der Waals surface area contributed by atoms with E-state index in [-0.39, 0.29) is 30.0 Å². The normalized spacial score (nSPS) is 18.5. The molecular weight excluding hydrogens is 424 g/mol. The Morgan fingerprint density at radius 3 is 1.38 bits per heavy atom. The number of aromatic hydroxyl groups is 2. The second-order valence-electron chi connectivity index (χ2n) is 11.4. The first kappa shape index (κ1) is 25.1. The molecule has 0 spiro atoms. The van der Waals surface area contributed by atoms with Crippen LogP contribution < -0.4 is 0 Å². The molecule has 0 amide bonds. The maximum absolute atomic E-state index is 11.5. The molecule has 2 saturated carbocycles. The second-order valence-corrected chi connectivity index (χ2v) is 11.4. The van der Waals surface area contributed by atoms with Crippen molar-refractivity contribution in [1.82, 2.24) is 0 Å². The van der Waals surface area contributed by atoms with Crippen LogP contribution in [-0.4, -0.2) is 33.6 Å². The summed E-state index contributed by atoms with van der Waals surface area (Å²) in [5.41, 5.74) is 6.00. The average Bonchev–Trinajstić information content (AvgIpc) is 2.79. The van der Waals surface area contributed by atoms with Crippen molar-refractivity contribution in [2.45, 2.75) is 102 Å². The molecule has 2 aliphatic carbocycles. The third-order valence-corrected chi connectivity index (χ3v) is 8.79. The predicted molar refractivity (Wildman–Crippen MR) is 137 cm³/mol. The van der Waals surface area contributed by atoms with Gasteiger partial charge in [-0.15, -0.1) is 0 Å². The molecule has 0 heterocycles. The number of rotatable bonds is 10. The molecule has 4 N–H and O–H groups in total. The number of aliphatic hydroxyl groups excluding tert-OH is 2. The van der Waals surface area contributed by atoms with E-state index < -0.39 is 0 Å². The van der Waals surface area contributed by atoms with Crippen molar-refractivity contribution < 1.29 is 20.4 Å². The Kier molecular flexibility index (Phi) is 7.30. The number of aliphatic hydroxyl groups is 2. The summed E-state index contributed by atoms with van der Waals surface area (Å²) in [5.74, 6) is 0.547. The van der Waals surface area contributed by atoms with Gasteiger partial charge in [0.1, 0.15) is 11.5 Å². The summed E-state index contributed by atoms with van der Waals surface area (Å²) in [7, 11) is 0. The topological polar surface area (TPSA) is 80.9 Å². The van der Waals surface area contributed by atoms with E-state index in [4.69, 9.17) is 0 Å². The van der Waals surface area contributed by atoms with Gasteiger partial charge < -0.3 is 20.4 Å². The van der Waals surface area contributed by atoms with Crippen molar-refractivity contribution >= 4 is 0 Å². The van der Waals surface area contributed by atoms with Crippen molar-refractivity contribution in [3.8, 4) is 11.5 Å². The molecule has 0 radical (unpaired) electrons. The molecular formula is C30H42O4. The van der Waals surface area contributed by atoms with E-state index in [2.05, 4.69) is 45.0 Å². The molecule has 2 aromatic rings. The lowest BCUT2D eigenvalue weighted by Gasteiger charge is -2.41. The molecule has 2 aromatic carbocycles. The molecule has 4 rings (SSSR count). The van der Waals surface area contributed by atoms with Crippen molar-refractivity contribution in [3.63, 3.8) is 0 Å². The summed E-state index contributed by atoms with van der Waals surface area (Å²) in [6.45, 7) is 6.84. The number of phenols is 2. The van der Waals surface area contributed by atoms with Gasteiger partial charge in [0, 0.05) is 41.4 Å². The minimum atomic E-state index is -0.173. The van der Waals surface area contributed by atoms with Crippen molar-refractivity contribution in [2.24, 2.45) is 0 Å². The highest BCUT2D eigenvalue weighted by Crippen LogP contribution is 2.52. The van der Waals surface area contributed by atoms with Crippen LogP contribution in [0.5, 0.6) is 11.5 Å². The van der Waals surface area contributed by atoms with Gasteiger partial charge in [-0.25, -0.2) is 0 Å². The number of hydrogen-bond acceptors (Lipinski definition) is 4. The van der Waals surface area contributed by atoms with Crippen LogP contribution in [0.2, 0.25) is 0 Å². The van der Waals surface area contributed by atoms with Gasteiger partial charge in [-0.2, -0.15) is 0 Å². The minimum Gasteiger partial charge on any atom is -0.507 e. The van der Waals surface area contributed by atoms with E-state index in [0.29, 0.717) is 24.3 Å². The quantitative estimate of drug-likeness (QED) is 0.347. The van der Waals surface area contributed by atoms with Gasteiger partial charge in [0.15, 0.2) is 0 Å². The average molecular weight is 467 g/mol. The van der Waals surface area contributed by atoms with E-state index in [0.717, 1.165) is 71.9 Å². The SMILES string of the molecule is CC(c1cc(CCCO)cc(C2(C)CCC2)c1O)c1cc(CCCO)cc(C2(C)CCC2)c1O. The fourth-order valence-corrected chi connectivity index (χ4v) is 5.99. The molecule has 0 atom stereocenters. The number of benzene rings is 2. The lowest BCUT2D eigenvalue weighted by Crippen LogP contribution is -2.31. The molecule has 0 unspecified atom stereocenters. The molecule has 0 saturated heterocycles. The molecule has 2 aliphatic rings. The van der Waals surface area contributed by atoms with Crippen LogP contribution in [0.15, 0.2) is 24.3 Å². The second kappa shape index (κ2) is 9.91. The van der Waals surface area contributed by atoms with Gasteiger partial charge in [-0.05, 0) is 73.3 Å². The molecule has 186 valence electrons. The largest absolute Gasteiger partial charge is 0.507 e. The van der Waals surface area contributed by atoms with E-state index in [9.17, 15) is 20.4 Å². The fraction of sp³-hybridized carbons (Fsp3) is 0.600. The summed E-state index contributed by atoms with van der Waals surface area (Å²) in [6.07, 6.45) is 9.57. The van der Waals surface area contributed by atoms with Crippen molar-refractivity contribution in [1.29, 1.82) is 0 Å². The Morgan fingerprint density at radius 2 is 1.09 bits per heavy atom. The standard InChI is InChI=1S/C30H42O4/c1-20(23-16-21(8-4-14-31)18-25(27(23)33)29(2)10-6-11-29)24-17-22(9-5-15-32)19-26(28(24)34)30(3)12-7-13-30/h16-20,31-34H,4-15H2,1-3H3. The third kappa shape index (κ3) is 4.59. The highest BCUT2D eigenvalue weighted by atomic mass is 16.3. The van der Waals surface area contributed by atoms with Crippen LogP contribution in [-0.2, 0) is 23.7 Å². The molecule has 0 aliphatic heterocycles. The summed E-state index contributed by atoms with van der Waals surface area (Å²) in [4.78, 5) is 0. The molecule has 2 fully saturated rings. The highest BCUT2D eigenvalue weighted by molar-refractivity contribution is 5.57. The van der Waals surface area contributed by atoms with Gasteiger partial charge in [-0.3, -0.25) is 0 Å². The fourth-order valence-electron chi connectivity index (χ4n) is 5.99. The summed E-state index contributed by atoms with van der Waals surface area (Å²) in [5, 5.41) is 41.8. The third-order valence-electron chi connectivity index (χ3n) is 8.79. The lowest BCUT2D eigenvalue weighted by molar-refractivity contribution is 0.261. The maximum atomic E-state index is 11.5. The Labute approximate surface area is 204 Å². The Hall–Kier alpha value is -2.04. The molecule has 4 heteroatoms.